The van der Waals surface area contributed by atoms with Gasteiger partial charge in [0.2, 0.25) is 0 Å². The van der Waals surface area contributed by atoms with Gasteiger partial charge in [-0.15, -0.1) is 0 Å². The molecule has 202 valence electrons. The van der Waals surface area contributed by atoms with Gasteiger partial charge in [-0.05, 0) is 98.7 Å². The van der Waals surface area contributed by atoms with E-state index in [9.17, 15) is 26.3 Å². The molecule has 3 saturated carbocycles. The summed E-state index contributed by atoms with van der Waals surface area (Å²) in [7, 11) is 0. The normalized spacial score (nSPS) is 27.4. The average Bonchev–Trinajstić information content (AvgIpc) is 3.42. The minimum Gasteiger partial charge on any atom is -0.429 e. The van der Waals surface area contributed by atoms with E-state index in [-0.39, 0.29) is 5.92 Å². The Morgan fingerprint density at radius 2 is 1.08 bits per heavy atom. The average molecular weight is 525 g/mol. The molecule has 0 saturated heterocycles. The molecular weight excluding hydrogens is 490 g/mol. The van der Waals surface area contributed by atoms with Crippen LogP contribution in [0.2, 0.25) is 0 Å². The number of alkyl halides is 2. The zero-order valence-electron chi connectivity index (χ0n) is 20.9. The maximum Gasteiger partial charge on any atom is 0.429 e. The molecule has 5 rings (SSSR count). The first-order valence-corrected chi connectivity index (χ1v) is 13.7. The second-order valence-electron chi connectivity index (χ2n) is 11.4. The van der Waals surface area contributed by atoms with E-state index in [0.29, 0.717) is 23.6 Å². The van der Waals surface area contributed by atoms with E-state index in [1.165, 1.54) is 57.4 Å². The molecule has 0 aromatic heterocycles. The third-order valence-corrected chi connectivity index (χ3v) is 9.30. The number of hydrogen-bond donors (Lipinski definition) is 0. The summed E-state index contributed by atoms with van der Waals surface area (Å²) in [6, 6.07) is 4.18. The van der Waals surface area contributed by atoms with Crippen molar-refractivity contribution in [2.75, 3.05) is 0 Å². The highest BCUT2D eigenvalue weighted by Gasteiger charge is 2.39. The minimum atomic E-state index is -4.19. The van der Waals surface area contributed by atoms with Gasteiger partial charge in [0.25, 0.3) is 0 Å². The summed E-state index contributed by atoms with van der Waals surface area (Å²) < 4.78 is 88.2. The van der Waals surface area contributed by atoms with E-state index in [1.807, 2.05) is 0 Å². The molecule has 0 bridgehead atoms. The van der Waals surface area contributed by atoms with Crippen molar-refractivity contribution in [3.05, 3.63) is 64.7 Å². The van der Waals surface area contributed by atoms with Gasteiger partial charge in [0.1, 0.15) is 11.6 Å². The molecule has 0 aliphatic heterocycles. The fourth-order valence-corrected chi connectivity index (χ4v) is 7.26. The molecule has 0 N–H and O–H groups in total. The highest BCUT2D eigenvalue weighted by atomic mass is 19.3. The standard InChI is InChI=1S/C30H34F6O/c31-26-15-23(13-14-25(26)30(35,36)37-24-16-27(32)29(34)28(33)17-24)22-11-9-21(10-12-22)20-7-5-19(6-8-20)18-3-1-2-4-18/h13-22H,1-12H2. The number of ether oxygens (including phenoxy) is 1. The highest BCUT2D eigenvalue weighted by Crippen LogP contribution is 2.47. The summed E-state index contributed by atoms with van der Waals surface area (Å²) in [4.78, 5) is 0. The van der Waals surface area contributed by atoms with Crippen molar-refractivity contribution in [3.8, 4) is 5.75 Å². The molecule has 0 heterocycles. The van der Waals surface area contributed by atoms with E-state index in [4.69, 9.17) is 0 Å². The lowest BCUT2D eigenvalue weighted by molar-refractivity contribution is -0.187. The van der Waals surface area contributed by atoms with Crippen LogP contribution in [-0.2, 0) is 6.11 Å². The van der Waals surface area contributed by atoms with Crippen molar-refractivity contribution in [2.24, 2.45) is 23.7 Å². The third kappa shape index (κ3) is 5.80. The Morgan fingerprint density at radius 3 is 1.59 bits per heavy atom. The summed E-state index contributed by atoms with van der Waals surface area (Å²) in [5.41, 5.74) is -0.353. The number of rotatable bonds is 6. The molecule has 0 radical (unpaired) electrons. The molecule has 2 aromatic rings. The van der Waals surface area contributed by atoms with Crippen LogP contribution < -0.4 is 4.74 Å². The Kier molecular flexibility index (Phi) is 7.78. The summed E-state index contributed by atoms with van der Waals surface area (Å²) in [6.07, 6.45) is 10.8. The van der Waals surface area contributed by atoms with Crippen LogP contribution >= 0.6 is 0 Å². The molecule has 0 spiro atoms. The fourth-order valence-electron chi connectivity index (χ4n) is 7.26. The van der Waals surface area contributed by atoms with E-state index >= 15 is 0 Å². The Balaban J connectivity index is 1.17. The van der Waals surface area contributed by atoms with Crippen LogP contribution in [0.15, 0.2) is 30.3 Å². The monoisotopic (exact) mass is 524 g/mol. The molecule has 3 fully saturated rings. The third-order valence-electron chi connectivity index (χ3n) is 9.30. The first-order valence-electron chi connectivity index (χ1n) is 13.7. The Labute approximate surface area is 214 Å². The van der Waals surface area contributed by atoms with Gasteiger partial charge in [-0.2, -0.15) is 8.78 Å². The van der Waals surface area contributed by atoms with Crippen LogP contribution in [0.25, 0.3) is 0 Å². The molecule has 0 unspecified atom stereocenters. The van der Waals surface area contributed by atoms with Crippen LogP contribution in [0.1, 0.15) is 94.1 Å². The first kappa shape index (κ1) is 26.4. The lowest BCUT2D eigenvalue weighted by Gasteiger charge is -2.39. The highest BCUT2D eigenvalue weighted by molar-refractivity contribution is 5.31. The van der Waals surface area contributed by atoms with Crippen molar-refractivity contribution < 1.29 is 31.1 Å². The predicted octanol–water partition coefficient (Wildman–Crippen LogP) is 9.64. The zero-order valence-corrected chi connectivity index (χ0v) is 20.9. The van der Waals surface area contributed by atoms with Gasteiger partial charge in [0.15, 0.2) is 17.5 Å². The van der Waals surface area contributed by atoms with Crippen molar-refractivity contribution in [1.82, 2.24) is 0 Å². The summed E-state index contributed by atoms with van der Waals surface area (Å²) in [5.74, 6) is -3.75. The molecule has 2 aromatic carbocycles. The number of halogens is 6. The molecular formula is C30H34F6O. The topological polar surface area (TPSA) is 9.23 Å². The van der Waals surface area contributed by atoms with E-state index in [2.05, 4.69) is 4.74 Å². The lowest BCUT2D eigenvalue weighted by atomic mass is 9.66. The smallest absolute Gasteiger partial charge is 0.429 e. The molecule has 0 atom stereocenters. The minimum absolute atomic E-state index is 0.115. The maximum atomic E-state index is 14.8. The summed E-state index contributed by atoms with van der Waals surface area (Å²) >= 11 is 0. The summed E-state index contributed by atoms with van der Waals surface area (Å²) in [5, 5.41) is 0. The van der Waals surface area contributed by atoms with Crippen molar-refractivity contribution in [1.29, 1.82) is 0 Å². The molecule has 7 heteroatoms. The van der Waals surface area contributed by atoms with Crippen LogP contribution in [0.3, 0.4) is 0 Å². The van der Waals surface area contributed by atoms with Crippen LogP contribution in [-0.4, -0.2) is 0 Å². The quantitative estimate of drug-likeness (QED) is 0.270. The first-order chi connectivity index (χ1) is 17.7. The second kappa shape index (κ2) is 10.9. The van der Waals surface area contributed by atoms with Crippen molar-refractivity contribution in [3.63, 3.8) is 0 Å². The van der Waals surface area contributed by atoms with E-state index in [0.717, 1.165) is 55.6 Å². The zero-order chi connectivity index (χ0) is 26.2. The summed E-state index contributed by atoms with van der Waals surface area (Å²) in [6.45, 7) is 0. The van der Waals surface area contributed by atoms with E-state index in [1.54, 1.807) is 0 Å². The van der Waals surface area contributed by atoms with Gasteiger partial charge in [0.05, 0.1) is 5.56 Å². The largest absolute Gasteiger partial charge is 0.429 e. The van der Waals surface area contributed by atoms with Crippen molar-refractivity contribution in [2.45, 2.75) is 89.1 Å². The van der Waals surface area contributed by atoms with E-state index < -0.39 is 40.7 Å². The predicted molar refractivity (Wildman–Crippen MR) is 129 cm³/mol. The Morgan fingerprint density at radius 1 is 0.595 bits per heavy atom. The second-order valence-corrected chi connectivity index (χ2v) is 11.4. The fraction of sp³-hybridized carbons (Fsp3) is 0.600. The Hall–Kier alpha value is -2.18. The van der Waals surface area contributed by atoms with Crippen LogP contribution in [0.5, 0.6) is 5.75 Å². The maximum absolute atomic E-state index is 14.8. The van der Waals surface area contributed by atoms with Gasteiger partial charge in [-0.25, -0.2) is 17.6 Å². The van der Waals surface area contributed by atoms with Gasteiger partial charge in [-0.1, -0.05) is 31.7 Å². The van der Waals surface area contributed by atoms with Crippen molar-refractivity contribution >= 4 is 0 Å². The lowest BCUT2D eigenvalue weighted by Crippen LogP contribution is -2.27. The van der Waals surface area contributed by atoms with Crippen LogP contribution in [0, 0.1) is 46.9 Å². The molecule has 1 nitrogen and oxygen atoms in total. The van der Waals surface area contributed by atoms with Gasteiger partial charge < -0.3 is 4.74 Å². The molecule has 3 aliphatic rings. The van der Waals surface area contributed by atoms with Gasteiger partial charge in [-0.3, -0.25) is 0 Å². The molecule has 0 amide bonds. The molecule has 37 heavy (non-hydrogen) atoms. The van der Waals surface area contributed by atoms with Crippen LogP contribution in [0.4, 0.5) is 26.3 Å². The SMILES string of the molecule is Fc1cc(C2CCC(C3CCC(C4CCCC4)CC3)CC2)ccc1C(F)(F)Oc1cc(F)c(F)c(F)c1. The number of benzene rings is 2. The van der Waals surface area contributed by atoms with Gasteiger partial charge in [0, 0.05) is 12.1 Å². The van der Waals surface area contributed by atoms with Gasteiger partial charge >= 0.3 is 6.11 Å². The Bertz CT molecular complexity index is 1060. The molecule has 3 aliphatic carbocycles. The number of hydrogen-bond acceptors (Lipinski definition) is 1.